The molecule has 2 spiro atoms. The Morgan fingerprint density at radius 1 is 0.346 bits per heavy atom. The maximum absolute atomic E-state index is 4.57. The summed E-state index contributed by atoms with van der Waals surface area (Å²) < 4.78 is 5.92. The van der Waals surface area contributed by atoms with Crippen molar-refractivity contribution in [1.29, 1.82) is 0 Å². The molecule has 0 fully saturated rings. The third-order valence-corrected chi connectivity index (χ3v) is 22.0. The zero-order chi connectivity index (χ0) is 34.3. The van der Waals surface area contributed by atoms with E-state index >= 15 is 0 Å². The zero-order valence-corrected chi connectivity index (χ0v) is 30.5. The van der Waals surface area contributed by atoms with Gasteiger partial charge in [0.1, 0.15) is 0 Å². The van der Waals surface area contributed by atoms with Crippen molar-refractivity contribution >= 4 is 65.0 Å². The monoisotopic (exact) mass is 725 g/mol. The number of para-hydroxylation sites is 5. The normalized spacial score (nSPS) is 15.2. The molecule has 1 aromatic heterocycles. The molecular formula is C48H33GeN3. The Morgan fingerprint density at radius 2 is 0.750 bits per heavy atom. The first-order valence-electron chi connectivity index (χ1n) is 18.0. The first kappa shape index (κ1) is 29.6. The Bertz CT molecular complexity index is 2340. The van der Waals surface area contributed by atoms with Gasteiger partial charge in [0.25, 0.3) is 0 Å². The third-order valence-electron chi connectivity index (χ3n) is 11.6. The summed E-state index contributed by atoms with van der Waals surface area (Å²) in [5, 5.41) is 0. The molecule has 0 saturated carbocycles. The Kier molecular flexibility index (Phi) is 6.35. The maximum atomic E-state index is 4.57. The topological polar surface area (TPSA) is 19.4 Å². The van der Waals surface area contributed by atoms with Crippen molar-refractivity contribution < 1.29 is 0 Å². The van der Waals surface area contributed by atoms with E-state index in [9.17, 15) is 0 Å². The first-order chi connectivity index (χ1) is 25.8. The number of benzene rings is 7. The van der Waals surface area contributed by atoms with Crippen molar-refractivity contribution in [3.63, 3.8) is 0 Å². The number of anilines is 6. The molecule has 52 heavy (non-hydrogen) atoms. The van der Waals surface area contributed by atoms with Gasteiger partial charge in [-0.25, -0.2) is 0 Å². The van der Waals surface area contributed by atoms with Crippen LogP contribution in [-0.2, 0) is 5.41 Å². The number of pyridine rings is 1. The standard InChI is InChI=1S/C48H33GeN3/c1-2-17-34(18-3-1)51-46-30-14-10-26-42(46)49(43-27-11-15-31-47(43)51)40-24-8-4-20-36(40)48(37-21-5-9-25-41(37)49)38-22-6-12-28-44(38)52(35-19-16-32-50-33-35)45-29-13-7-23-39(45)48/h1-33H. The van der Waals surface area contributed by atoms with Crippen molar-refractivity contribution in [2.24, 2.45) is 0 Å². The molecule has 244 valence electrons. The molecule has 0 unspecified atom stereocenters. The van der Waals surface area contributed by atoms with Gasteiger partial charge in [0.05, 0.1) is 0 Å². The molecule has 8 aromatic rings. The second-order valence-corrected chi connectivity index (χ2v) is 21.5. The van der Waals surface area contributed by atoms with E-state index in [0.717, 1.165) is 5.69 Å². The van der Waals surface area contributed by atoms with Crippen molar-refractivity contribution in [2.75, 3.05) is 9.80 Å². The van der Waals surface area contributed by atoms with Crippen LogP contribution in [-0.4, -0.2) is 18.3 Å². The molecule has 3 nitrogen and oxygen atoms in total. The molecule has 3 aliphatic rings. The van der Waals surface area contributed by atoms with Gasteiger partial charge in [0.2, 0.25) is 0 Å². The molecule has 0 radical (unpaired) electrons. The average molecular weight is 724 g/mol. The van der Waals surface area contributed by atoms with Crippen LogP contribution in [0.2, 0.25) is 0 Å². The van der Waals surface area contributed by atoms with Crippen LogP contribution in [0.3, 0.4) is 0 Å². The van der Waals surface area contributed by atoms with Crippen LogP contribution in [0.15, 0.2) is 200 Å². The van der Waals surface area contributed by atoms with Gasteiger partial charge in [-0.2, -0.15) is 0 Å². The predicted octanol–water partition coefficient (Wildman–Crippen LogP) is 8.72. The minimum atomic E-state index is -3.75. The van der Waals surface area contributed by atoms with Crippen LogP contribution in [0, 0.1) is 0 Å². The predicted molar refractivity (Wildman–Crippen MR) is 216 cm³/mol. The van der Waals surface area contributed by atoms with E-state index < -0.39 is 18.7 Å². The molecule has 0 N–H and O–H groups in total. The first-order valence-corrected chi connectivity index (χ1v) is 22.2. The van der Waals surface area contributed by atoms with E-state index in [4.69, 9.17) is 0 Å². The fourth-order valence-corrected chi connectivity index (χ4v) is 21.7. The summed E-state index contributed by atoms with van der Waals surface area (Å²) in [7, 11) is 0. The van der Waals surface area contributed by atoms with Gasteiger partial charge in [-0.3, -0.25) is 0 Å². The molecule has 11 rings (SSSR count). The van der Waals surface area contributed by atoms with Crippen LogP contribution < -0.4 is 27.4 Å². The van der Waals surface area contributed by atoms with Crippen LogP contribution in [0.5, 0.6) is 0 Å². The van der Waals surface area contributed by atoms with Crippen LogP contribution >= 0.6 is 0 Å². The van der Waals surface area contributed by atoms with E-state index in [1.807, 2.05) is 18.5 Å². The minimum absolute atomic E-state index is 0.546. The van der Waals surface area contributed by atoms with Crippen molar-refractivity contribution in [2.45, 2.75) is 5.41 Å². The van der Waals surface area contributed by atoms with E-state index in [2.05, 4.69) is 197 Å². The molecule has 4 heterocycles. The molecular weight excluding hydrogens is 691 g/mol. The Labute approximate surface area is 306 Å². The molecule has 7 aromatic carbocycles. The van der Waals surface area contributed by atoms with Crippen molar-refractivity contribution in [3.8, 4) is 0 Å². The molecule has 0 bridgehead atoms. The van der Waals surface area contributed by atoms with Gasteiger partial charge in [-0.15, -0.1) is 0 Å². The van der Waals surface area contributed by atoms with E-state index in [-0.39, 0.29) is 0 Å². The molecule has 3 aliphatic heterocycles. The summed E-state index contributed by atoms with van der Waals surface area (Å²) in [5.74, 6) is 0. The Hall–Kier alpha value is -6.17. The van der Waals surface area contributed by atoms with Crippen molar-refractivity contribution in [1.82, 2.24) is 4.98 Å². The van der Waals surface area contributed by atoms with Crippen molar-refractivity contribution in [3.05, 3.63) is 223 Å². The number of nitrogens with zero attached hydrogens (tertiary/aromatic N) is 3. The fourth-order valence-electron chi connectivity index (χ4n) is 9.84. The number of hydrogen-bond acceptors (Lipinski definition) is 3. The number of aromatic nitrogens is 1. The van der Waals surface area contributed by atoms with Gasteiger partial charge in [-0.1, -0.05) is 0 Å². The van der Waals surface area contributed by atoms with E-state index in [1.54, 1.807) is 0 Å². The fraction of sp³-hybridized carbons (Fsp3) is 0.0208. The molecule has 0 aliphatic carbocycles. The zero-order valence-electron chi connectivity index (χ0n) is 28.4. The second kappa shape index (κ2) is 11.2. The summed E-state index contributed by atoms with van der Waals surface area (Å²) in [4.78, 5) is 9.47. The summed E-state index contributed by atoms with van der Waals surface area (Å²) >= 11 is -3.75. The summed E-state index contributed by atoms with van der Waals surface area (Å²) in [6, 6.07) is 70.6. The summed E-state index contributed by atoms with van der Waals surface area (Å²) in [6.07, 6.45) is 3.83. The summed E-state index contributed by atoms with van der Waals surface area (Å²) in [5.41, 5.74) is 12.0. The summed E-state index contributed by atoms with van der Waals surface area (Å²) in [6.45, 7) is 0. The van der Waals surface area contributed by atoms with E-state index in [0.29, 0.717) is 0 Å². The van der Waals surface area contributed by atoms with Gasteiger partial charge >= 0.3 is 308 Å². The number of rotatable bonds is 2. The molecule has 4 heteroatoms. The SMILES string of the molecule is c1ccc(N2c3cccc[c]3[Ge]3([c]4ccccc42)[c]2ccccc2C2(c4ccccc4N(c4cccnc4)c4ccccc42)c2cccc[c]23)cc1. The molecule has 0 saturated heterocycles. The Morgan fingerprint density at radius 3 is 1.27 bits per heavy atom. The molecule has 0 atom stereocenters. The quantitative estimate of drug-likeness (QED) is 0.167. The van der Waals surface area contributed by atoms with Gasteiger partial charge < -0.3 is 0 Å². The van der Waals surface area contributed by atoms with Gasteiger partial charge in [0, 0.05) is 0 Å². The average Bonchev–Trinajstić information content (AvgIpc) is 3.23. The van der Waals surface area contributed by atoms with Gasteiger partial charge in [0.15, 0.2) is 0 Å². The number of hydrogen-bond donors (Lipinski definition) is 0. The third kappa shape index (κ3) is 3.68. The van der Waals surface area contributed by atoms with Gasteiger partial charge in [-0.05, 0) is 0 Å². The van der Waals surface area contributed by atoms with Crippen LogP contribution in [0.25, 0.3) is 0 Å². The Balaban J connectivity index is 1.31. The molecule has 0 amide bonds. The van der Waals surface area contributed by atoms with Crippen LogP contribution in [0.1, 0.15) is 22.3 Å². The van der Waals surface area contributed by atoms with Crippen LogP contribution in [0.4, 0.5) is 34.1 Å². The van der Waals surface area contributed by atoms with E-state index in [1.165, 1.54) is 68.3 Å². The second-order valence-electron chi connectivity index (χ2n) is 13.9. The number of fused-ring (bicyclic) bond motifs is 14.